The molecule has 0 saturated carbocycles. The van der Waals surface area contributed by atoms with Crippen molar-refractivity contribution in [2.75, 3.05) is 0 Å². The fourth-order valence-electron chi connectivity index (χ4n) is 3.33. The Morgan fingerprint density at radius 2 is 2.00 bits per heavy atom. The number of nitrogens with zero attached hydrogens (tertiary/aromatic N) is 2. The molecule has 2 aliphatic heterocycles. The highest BCUT2D eigenvalue weighted by Crippen LogP contribution is 2.44. The predicted molar refractivity (Wildman–Crippen MR) is 67.5 cm³/mol. The maximum Gasteiger partial charge on any atom is 0.151 e. The van der Waals surface area contributed by atoms with Gasteiger partial charge in [0.2, 0.25) is 0 Å². The van der Waals surface area contributed by atoms with Crippen molar-refractivity contribution in [1.82, 2.24) is 9.47 Å². The molecular weight excluding hydrogens is 231 g/mol. The Labute approximate surface area is 107 Å². The van der Waals surface area contributed by atoms with E-state index in [0.29, 0.717) is 12.1 Å². The van der Waals surface area contributed by atoms with E-state index in [0.717, 1.165) is 24.4 Å². The van der Waals surface area contributed by atoms with Crippen LogP contribution in [-0.2, 0) is 19.5 Å². The molecule has 0 bridgehead atoms. The summed E-state index contributed by atoms with van der Waals surface area (Å²) in [7, 11) is 0. The van der Waals surface area contributed by atoms with Crippen molar-refractivity contribution in [1.29, 1.82) is 0 Å². The Balaban J connectivity index is 2.06. The van der Waals surface area contributed by atoms with E-state index in [1.807, 2.05) is 18.7 Å². The third kappa shape index (κ3) is 1.48. The normalized spacial score (nSPS) is 25.8. The van der Waals surface area contributed by atoms with E-state index in [1.54, 1.807) is 0 Å². The molecule has 4 heteroatoms. The number of aliphatic hydroxyl groups excluding tert-OH is 1. The highest BCUT2D eigenvalue weighted by molar-refractivity contribution is 5.37. The smallest absolute Gasteiger partial charge is 0.151 e. The average molecular weight is 252 g/mol. The molecule has 1 unspecified atom stereocenters. The van der Waals surface area contributed by atoms with Crippen LogP contribution in [0, 0.1) is 11.2 Å². The molecule has 0 spiro atoms. The Morgan fingerprint density at radius 3 is 2.61 bits per heavy atom. The molecule has 100 valence electrons. The molecule has 0 aromatic carbocycles. The summed E-state index contributed by atoms with van der Waals surface area (Å²) in [5, 5.41) is 10.3. The first-order valence-corrected chi connectivity index (χ1v) is 6.65. The lowest BCUT2D eigenvalue weighted by atomic mass is 9.90. The van der Waals surface area contributed by atoms with E-state index in [9.17, 15) is 9.50 Å². The van der Waals surface area contributed by atoms with Gasteiger partial charge in [-0.3, -0.25) is 4.90 Å². The van der Waals surface area contributed by atoms with Crippen LogP contribution in [0.1, 0.15) is 50.9 Å². The molecule has 3 rings (SSSR count). The fraction of sp³-hybridized carbons (Fsp3) is 0.714. The standard InChI is InChI=1S/C14H21FN2O/c1-8(2)16-6-10-11(13(16)18)12(15)9-5-14(3,4)7-17(9)10/h8,13,18H,5-7H2,1-4H3. The van der Waals surface area contributed by atoms with Gasteiger partial charge in [0, 0.05) is 24.8 Å². The van der Waals surface area contributed by atoms with Gasteiger partial charge in [-0.25, -0.2) is 4.39 Å². The van der Waals surface area contributed by atoms with Crippen molar-refractivity contribution in [3.05, 3.63) is 22.8 Å². The Bertz CT molecular complexity index is 504. The van der Waals surface area contributed by atoms with Gasteiger partial charge >= 0.3 is 0 Å². The fourth-order valence-corrected chi connectivity index (χ4v) is 3.33. The van der Waals surface area contributed by atoms with Gasteiger partial charge < -0.3 is 9.67 Å². The number of hydrogen-bond acceptors (Lipinski definition) is 2. The molecule has 0 amide bonds. The van der Waals surface area contributed by atoms with Crippen molar-refractivity contribution in [2.45, 2.75) is 59.5 Å². The second-order valence-corrected chi connectivity index (χ2v) is 6.69. The Kier molecular flexibility index (Phi) is 2.42. The number of aromatic nitrogens is 1. The van der Waals surface area contributed by atoms with E-state index < -0.39 is 6.23 Å². The van der Waals surface area contributed by atoms with E-state index in [2.05, 4.69) is 18.4 Å². The minimum Gasteiger partial charge on any atom is -0.374 e. The number of halogens is 1. The molecule has 1 aromatic heterocycles. The van der Waals surface area contributed by atoms with Gasteiger partial charge in [0.25, 0.3) is 0 Å². The summed E-state index contributed by atoms with van der Waals surface area (Å²) >= 11 is 0. The van der Waals surface area contributed by atoms with Gasteiger partial charge in [0.15, 0.2) is 5.82 Å². The summed E-state index contributed by atoms with van der Waals surface area (Å²) in [5.41, 5.74) is 2.41. The molecule has 2 aliphatic rings. The minimum absolute atomic E-state index is 0.126. The number of rotatable bonds is 1. The second-order valence-electron chi connectivity index (χ2n) is 6.69. The zero-order chi connectivity index (χ0) is 13.2. The van der Waals surface area contributed by atoms with E-state index in [1.165, 1.54) is 0 Å². The summed E-state index contributed by atoms with van der Waals surface area (Å²) in [6.45, 7) is 9.90. The van der Waals surface area contributed by atoms with Crippen molar-refractivity contribution in [2.24, 2.45) is 5.41 Å². The molecule has 3 heterocycles. The summed E-state index contributed by atoms with van der Waals surface area (Å²) in [6.07, 6.45) is -0.0125. The maximum absolute atomic E-state index is 14.5. The summed E-state index contributed by atoms with van der Waals surface area (Å²) in [4.78, 5) is 1.94. The van der Waals surface area contributed by atoms with Crippen LogP contribution in [0.3, 0.4) is 0 Å². The van der Waals surface area contributed by atoms with Crippen LogP contribution in [0.2, 0.25) is 0 Å². The number of fused-ring (bicyclic) bond motifs is 3. The second kappa shape index (κ2) is 3.58. The van der Waals surface area contributed by atoms with Crippen molar-refractivity contribution < 1.29 is 9.50 Å². The van der Waals surface area contributed by atoms with Crippen LogP contribution in [0.5, 0.6) is 0 Å². The molecule has 0 fully saturated rings. The van der Waals surface area contributed by atoms with Crippen LogP contribution in [0.15, 0.2) is 0 Å². The largest absolute Gasteiger partial charge is 0.374 e. The van der Waals surface area contributed by atoms with Crippen molar-refractivity contribution >= 4 is 0 Å². The molecule has 18 heavy (non-hydrogen) atoms. The van der Waals surface area contributed by atoms with Crippen LogP contribution < -0.4 is 0 Å². The average Bonchev–Trinajstić information content (AvgIpc) is 2.81. The highest BCUT2D eigenvalue weighted by Gasteiger charge is 2.42. The van der Waals surface area contributed by atoms with Gasteiger partial charge in [-0.1, -0.05) is 13.8 Å². The predicted octanol–water partition coefficient (Wildman–Crippen LogP) is 2.42. The van der Waals surface area contributed by atoms with Crippen LogP contribution in [-0.4, -0.2) is 20.6 Å². The molecule has 3 nitrogen and oxygen atoms in total. The SMILES string of the molecule is CC(C)N1Cc2c(c(F)c3n2CC(C)(C)C3)C1O. The van der Waals surface area contributed by atoms with Gasteiger partial charge in [-0.15, -0.1) is 0 Å². The first kappa shape index (κ1) is 12.2. The molecular formula is C14H21FN2O. The summed E-state index contributed by atoms with van der Waals surface area (Å²) < 4.78 is 16.6. The molecule has 0 radical (unpaired) electrons. The Morgan fingerprint density at radius 1 is 1.33 bits per heavy atom. The molecule has 1 aromatic rings. The zero-order valence-electron chi connectivity index (χ0n) is 11.5. The lowest BCUT2D eigenvalue weighted by Gasteiger charge is -2.24. The van der Waals surface area contributed by atoms with Gasteiger partial charge in [0.05, 0.1) is 11.3 Å². The lowest BCUT2D eigenvalue weighted by Crippen LogP contribution is -2.29. The lowest BCUT2D eigenvalue weighted by molar-refractivity contribution is -0.00985. The topological polar surface area (TPSA) is 28.4 Å². The van der Waals surface area contributed by atoms with E-state index in [4.69, 9.17) is 0 Å². The minimum atomic E-state index is -0.777. The maximum atomic E-state index is 14.5. The van der Waals surface area contributed by atoms with Crippen LogP contribution in [0.4, 0.5) is 4.39 Å². The Hall–Kier alpha value is -0.870. The number of aliphatic hydroxyl groups is 1. The summed E-state index contributed by atoms with van der Waals surface area (Å²) in [6, 6.07) is 0.220. The quantitative estimate of drug-likeness (QED) is 0.831. The molecule has 1 N–H and O–H groups in total. The van der Waals surface area contributed by atoms with E-state index in [-0.39, 0.29) is 17.3 Å². The van der Waals surface area contributed by atoms with Gasteiger partial charge in [0.1, 0.15) is 6.23 Å². The highest BCUT2D eigenvalue weighted by atomic mass is 19.1. The van der Waals surface area contributed by atoms with Gasteiger partial charge in [-0.2, -0.15) is 0 Å². The third-order valence-corrected chi connectivity index (χ3v) is 4.25. The van der Waals surface area contributed by atoms with Crippen molar-refractivity contribution in [3.63, 3.8) is 0 Å². The van der Waals surface area contributed by atoms with Crippen LogP contribution in [0.25, 0.3) is 0 Å². The van der Waals surface area contributed by atoms with Crippen LogP contribution >= 0.6 is 0 Å². The first-order chi connectivity index (χ1) is 8.32. The monoisotopic (exact) mass is 252 g/mol. The van der Waals surface area contributed by atoms with Crippen molar-refractivity contribution in [3.8, 4) is 0 Å². The van der Waals surface area contributed by atoms with E-state index >= 15 is 0 Å². The third-order valence-electron chi connectivity index (χ3n) is 4.25. The molecule has 1 atom stereocenters. The first-order valence-electron chi connectivity index (χ1n) is 6.65. The number of hydrogen-bond donors (Lipinski definition) is 1. The molecule has 0 saturated heterocycles. The van der Waals surface area contributed by atoms with Gasteiger partial charge in [-0.05, 0) is 25.7 Å². The zero-order valence-corrected chi connectivity index (χ0v) is 11.5. The summed E-state index contributed by atoms with van der Waals surface area (Å²) in [5.74, 6) is -0.175. The molecule has 0 aliphatic carbocycles.